The molecule has 1 unspecified atom stereocenters. The molecule has 2 heterocycles. The Labute approximate surface area is 229 Å². The van der Waals surface area contributed by atoms with Crippen LogP contribution in [0, 0.1) is 0 Å². The fourth-order valence-corrected chi connectivity index (χ4v) is 5.92. The van der Waals surface area contributed by atoms with Gasteiger partial charge >= 0.3 is 5.97 Å². The van der Waals surface area contributed by atoms with Gasteiger partial charge in [0.25, 0.3) is 5.91 Å². The minimum atomic E-state index is -3.72. The lowest BCUT2D eigenvalue weighted by Crippen LogP contribution is -2.55. The molecule has 1 aromatic heterocycles. The van der Waals surface area contributed by atoms with Gasteiger partial charge in [0.2, 0.25) is 10.0 Å². The molecule has 3 aromatic rings. The summed E-state index contributed by atoms with van der Waals surface area (Å²) < 4.78 is 32.5. The molecule has 0 radical (unpaired) electrons. The Bertz CT molecular complexity index is 1470. The fraction of sp³-hybridized carbons (Fsp3) is 0.310. The highest BCUT2D eigenvalue weighted by atomic mass is 32.2. The topological polar surface area (TPSA) is 110 Å². The van der Waals surface area contributed by atoms with E-state index in [0.29, 0.717) is 17.1 Å². The first-order valence-corrected chi connectivity index (χ1v) is 14.2. The molecule has 10 heteroatoms. The van der Waals surface area contributed by atoms with E-state index in [2.05, 4.69) is 9.97 Å². The number of piperazine rings is 1. The molecule has 0 aliphatic carbocycles. The van der Waals surface area contributed by atoms with E-state index in [1.54, 1.807) is 13.0 Å². The van der Waals surface area contributed by atoms with Crippen LogP contribution in [0.3, 0.4) is 0 Å². The molecule has 2 aromatic carbocycles. The lowest BCUT2D eigenvalue weighted by Gasteiger charge is -2.38. The average molecular weight is 549 g/mol. The van der Waals surface area contributed by atoms with Crippen molar-refractivity contribution in [1.29, 1.82) is 0 Å². The molecular formula is C29H32N4O5S. The van der Waals surface area contributed by atoms with Crippen LogP contribution in [0.1, 0.15) is 58.8 Å². The Morgan fingerprint density at radius 3 is 2.23 bits per heavy atom. The molecule has 1 saturated heterocycles. The van der Waals surface area contributed by atoms with Crippen LogP contribution in [-0.2, 0) is 14.8 Å². The van der Waals surface area contributed by atoms with Crippen LogP contribution in [0.25, 0.3) is 17.5 Å². The van der Waals surface area contributed by atoms with Crippen LogP contribution >= 0.6 is 0 Å². The van der Waals surface area contributed by atoms with Gasteiger partial charge in [-0.25, -0.2) is 23.2 Å². The Morgan fingerprint density at radius 1 is 1.00 bits per heavy atom. The van der Waals surface area contributed by atoms with Crippen molar-refractivity contribution in [2.45, 2.75) is 32.7 Å². The molecule has 1 aliphatic heterocycles. The van der Waals surface area contributed by atoms with Crippen LogP contribution in [0.15, 0.2) is 66.1 Å². The van der Waals surface area contributed by atoms with Crippen molar-refractivity contribution in [2.75, 3.05) is 26.7 Å². The molecule has 0 saturated carbocycles. The molecular weight excluding hydrogens is 516 g/mol. The average Bonchev–Trinajstić information content (AvgIpc) is 2.95. The molecule has 39 heavy (non-hydrogen) atoms. The Kier molecular flexibility index (Phi) is 8.57. The van der Waals surface area contributed by atoms with Gasteiger partial charge in [-0.15, -0.1) is 0 Å². The third-order valence-corrected chi connectivity index (χ3v) is 8.20. The first kappa shape index (κ1) is 28.1. The summed E-state index contributed by atoms with van der Waals surface area (Å²) in [5.74, 6) is -1.02. The van der Waals surface area contributed by atoms with Gasteiger partial charge in [-0.05, 0) is 24.5 Å². The molecule has 4 rings (SSSR count). The number of carbonyl (C=O) groups is 2. The highest BCUT2D eigenvalue weighted by Gasteiger charge is 2.36. The lowest BCUT2D eigenvalue weighted by molar-refractivity contribution is 0.0570. The second-order valence-electron chi connectivity index (χ2n) is 9.64. The molecule has 0 spiro atoms. The zero-order valence-electron chi connectivity index (χ0n) is 22.4. The van der Waals surface area contributed by atoms with E-state index in [1.807, 2.05) is 74.5 Å². The lowest BCUT2D eigenvalue weighted by atomic mass is 10.0. The number of ether oxygens (including phenoxy) is 1. The maximum atomic E-state index is 13.9. The van der Waals surface area contributed by atoms with Crippen LogP contribution in [0.5, 0.6) is 0 Å². The smallest absolute Gasteiger partial charge is 0.342 e. The standard InChI is InChI=1S/C29H32N4O5S/c1-20(2)25-24(29(35)38-4)26(31-27(30-25)23-13-9-6-10-14-23)28(34)32-16-17-33(21(3)19-32)39(36,37)18-15-22-11-7-5-8-12-22/h5-15,18,20-21H,16-17,19H2,1-4H3. The van der Waals surface area contributed by atoms with Gasteiger partial charge in [0.15, 0.2) is 5.82 Å². The minimum absolute atomic E-state index is 0.0330. The summed E-state index contributed by atoms with van der Waals surface area (Å²) in [5, 5.41) is 1.19. The number of benzene rings is 2. The van der Waals surface area contributed by atoms with Crippen LogP contribution in [-0.4, -0.2) is 72.3 Å². The van der Waals surface area contributed by atoms with Gasteiger partial charge in [0, 0.05) is 36.6 Å². The van der Waals surface area contributed by atoms with Gasteiger partial charge in [0.05, 0.1) is 12.8 Å². The van der Waals surface area contributed by atoms with E-state index in [-0.39, 0.29) is 36.8 Å². The Morgan fingerprint density at radius 2 is 1.64 bits per heavy atom. The van der Waals surface area contributed by atoms with E-state index in [1.165, 1.54) is 21.7 Å². The summed E-state index contributed by atoms with van der Waals surface area (Å²) >= 11 is 0. The Balaban J connectivity index is 1.65. The van der Waals surface area contributed by atoms with Crippen molar-refractivity contribution in [3.05, 3.63) is 88.6 Å². The second-order valence-corrected chi connectivity index (χ2v) is 11.4. The van der Waals surface area contributed by atoms with Gasteiger partial charge in [-0.2, -0.15) is 4.31 Å². The van der Waals surface area contributed by atoms with Gasteiger partial charge in [-0.3, -0.25) is 4.79 Å². The van der Waals surface area contributed by atoms with Crippen molar-refractivity contribution < 1.29 is 22.7 Å². The molecule has 0 N–H and O–H groups in total. The fourth-order valence-electron chi connectivity index (χ4n) is 4.53. The van der Waals surface area contributed by atoms with Gasteiger partial charge in [0.1, 0.15) is 11.3 Å². The van der Waals surface area contributed by atoms with Crippen molar-refractivity contribution in [3.63, 3.8) is 0 Å². The first-order chi connectivity index (χ1) is 18.6. The highest BCUT2D eigenvalue weighted by Crippen LogP contribution is 2.27. The third kappa shape index (κ3) is 6.23. The molecule has 1 atom stereocenters. The van der Waals surface area contributed by atoms with E-state index < -0.39 is 27.9 Å². The summed E-state index contributed by atoms with van der Waals surface area (Å²) in [5.41, 5.74) is 1.88. The summed E-state index contributed by atoms with van der Waals surface area (Å²) in [6.07, 6.45) is 1.56. The summed E-state index contributed by atoms with van der Waals surface area (Å²) in [6.45, 7) is 5.90. The quantitative estimate of drug-likeness (QED) is 0.407. The molecule has 1 fully saturated rings. The Hall–Kier alpha value is -3.89. The molecule has 1 aliphatic rings. The van der Waals surface area contributed by atoms with Crippen LogP contribution in [0.2, 0.25) is 0 Å². The first-order valence-electron chi connectivity index (χ1n) is 12.7. The largest absolute Gasteiger partial charge is 0.465 e. The SMILES string of the molecule is COC(=O)c1c(C(=O)N2CCN(S(=O)(=O)C=Cc3ccccc3)C(C)C2)nc(-c2ccccc2)nc1C(C)C. The second kappa shape index (κ2) is 11.9. The monoisotopic (exact) mass is 548 g/mol. The summed E-state index contributed by atoms with van der Waals surface area (Å²) in [7, 11) is -2.47. The summed E-state index contributed by atoms with van der Waals surface area (Å²) in [6, 6.07) is 17.9. The summed E-state index contributed by atoms with van der Waals surface area (Å²) in [4.78, 5) is 37.4. The third-order valence-electron chi connectivity index (χ3n) is 6.52. The number of nitrogens with zero attached hydrogens (tertiary/aromatic N) is 4. The van der Waals surface area contributed by atoms with E-state index in [0.717, 1.165) is 5.56 Å². The van der Waals surface area contributed by atoms with E-state index >= 15 is 0 Å². The number of amides is 1. The predicted molar refractivity (Wildman–Crippen MR) is 149 cm³/mol. The number of aromatic nitrogens is 2. The van der Waals surface area contributed by atoms with Gasteiger partial charge < -0.3 is 9.64 Å². The maximum Gasteiger partial charge on any atom is 0.342 e. The molecule has 204 valence electrons. The van der Waals surface area contributed by atoms with Crippen molar-refractivity contribution in [2.24, 2.45) is 0 Å². The zero-order chi connectivity index (χ0) is 28.2. The van der Waals surface area contributed by atoms with Crippen molar-refractivity contribution >= 4 is 28.0 Å². The van der Waals surface area contributed by atoms with Crippen LogP contribution < -0.4 is 0 Å². The van der Waals surface area contributed by atoms with E-state index in [9.17, 15) is 18.0 Å². The van der Waals surface area contributed by atoms with Crippen molar-refractivity contribution in [1.82, 2.24) is 19.2 Å². The number of esters is 1. The number of hydrogen-bond donors (Lipinski definition) is 0. The van der Waals surface area contributed by atoms with E-state index in [4.69, 9.17) is 4.74 Å². The molecule has 1 amide bonds. The zero-order valence-corrected chi connectivity index (χ0v) is 23.3. The normalized spacial score (nSPS) is 16.5. The molecule has 0 bridgehead atoms. The number of sulfonamides is 1. The number of methoxy groups -OCH3 is 1. The number of rotatable bonds is 7. The van der Waals surface area contributed by atoms with Gasteiger partial charge in [-0.1, -0.05) is 74.5 Å². The molecule has 9 nitrogen and oxygen atoms in total. The number of carbonyl (C=O) groups excluding carboxylic acids is 2. The van der Waals surface area contributed by atoms with Crippen LogP contribution in [0.4, 0.5) is 0 Å². The van der Waals surface area contributed by atoms with Crippen molar-refractivity contribution in [3.8, 4) is 11.4 Å². The predicted octanol–water partition coefficient (Wildman–Crippen LogP) is 4.20. The minimum Gasteiger partial charge on any atom is -0.465 e. The highest BCUT2D eigenvalue weighted by molar-refractivity contribution is 7.92. The number of hydrogen-bond acceptors (Lipinski definition) is 7. The maximum absolute atomic E-state index is 13.9.